The first-order valence-electron chi connectivity index (χ1n) is 10.1. The summed E-state index contributed by atoms with van der Waals surface area (Å²) in [4.78, 5) is 55.1. The zero-order valence-corrected chi connectivity index (χ0v) is 16.5. The average molecular weight is 409 g/mol. The Labute approximate surface area is 172 Å². The van der Waals surface area contributed by atoms with Gasteiger partial charge in [-0.3, -0.25) is 19.0 Å². The molecule has 1 N–H and O–H groups in total. The number of benzene rings is 1. The predicted octanol–water partition coefficient (Wildman–Crippen LogP) is 2.33. The summed E-state index contributed by atoms with van der Waals surface area (Å²) in [6.07, 6.45) is 4.99. The summed E-state index contributed by atoms with van der Waals surface area (Å²) in [6.45, 7) is 0.139. The number of nitrogens with zero attached hydrogens (tertiary/aromatic N) is 2. The SMILES string of the molecule is O=C(CC1CCCCCN1C(=O)Cn1c(=O)[nH]c2ccccc2c1=O)c1ccco1. The third kappa shape index (κ3) is 3.98. The Morgan fingerprint density at radius 1 is 1.07 bits per heavy atom. The van der Waals surface area contributed by atoms with Crippen molar-refractivity contribution in [1.29, 1.82) is 0 Å². The third-order valence-corrected chi connectivity index (χ3v) is 5.60. The number of H-pyrrole nitrogens is 1. The number of nitrogens with one attached hydrogen (secondary N) is 1. The lowest BCUT2D eigenvalue weighted by molar-refractivity contribution is -0.134. The fourth-order valence-corrected chi connectivity index (χ4v) is 4.04. The van der Waals surface area contributed by atoms with E-state index in [4.69, 9.17) is 4.42 Å². The molecule has 3 aromatic rings. The number of fused-ring (bicyclic) bond motifs is 1. The summed E-state index contributed by atoms with van der Waals surface area (Å²) in [6, 6.07) is 9.68. The smallest absolute Gasteiger partial charge is 0.329 e. The fourth-order valence-electron chi connectivity index (χ4n) is 4.04. The Hall–Kier alpha value is -3.42. The second-order valence-electron chi connectivity index (χ2n) is 7.56. The summed E-state index contributed by atoms with van der Waals surface area (Å²) in [5.41, 5.74) is -0.682. The minimum Gasteiger partial charge on any atom is -0.461 e. The van der Waals surface area contributed by atoms with Gasteiger partial charge in [0.05, 0.1) is 17.2 Å². The predicted molar refractivity (Wildman–Crippen MR) is 110 cm³/mol. The highest BCUT2D eigenvalue weighted by Crippen LogP contribution is 2.22. The molecule has 1 aromatic carbocycles. The van der Waals surface area contributed by atoms with E-state index in [0.29, 0.717) is 23.9 Å². The molecular formula is C22H23N3O5. The van der Waals surface area contributed by atoms with Gasteiger partial charge >= 0.3 is 5.69 Å². The molecule has 0 bridgehead atoms. The van der Waals surface area contributed by atoms with E-state index < -0.39 is 11.2 Å². The summed E-state index contributed by atoms with van der Waals surface area (Å²) in [5.74, 6) is -0.226. The molecule has 0 aliphatic carbocycles. The molecule has 0 spiro atoms. The van der Waals surface area contributed by atoms with E-state index in [1.807, 2.05) is 0 Å². The van der Waals surface area contributed by atoms with Crippen molar-refractivity contribution in [1.82, 2.24) is 14.5 Å². The van der Waals surface area contributed by atoms with Crippen LogP contribution in [0, 0.1) is 0 Å². The second kappa shape index (κ2) is 8.52. The van der Waals surface area contributed by atoms with E-state index in [9.17, 15) is 19.2 Å². The van der Waals surface area contributed by atoms with Crippen molar-refractivity contribution in [2.24, 2.45) is 0 Å². The number of hydrogen-bond donors (Lipinski definition) is 1. The number of para-hydroxylation sites is 1. The van der Waals surface area contributed by atoms with Gasteiger partial charge < -0.3 is 14.3 Å². The first-order chi connectivity index (χ1) is 14.5. The largest absolute Gasteiger partial charge is 0.461 e. The number of hydrogen-bond acceptors (Lipinski definition) is 5. The van der Waals surface area contributed by atoms with Crippen molar-refractivity contribution in [3.63, 3.8) is 0 Å². The molecule has 4 rings (SSSR count). The number of rotatable bonds is 5. The minimum absolute atomic E-state index is 0.155. The highest BCUT2D eigenvalue weighted by atomic mass is 16.3. The standard InChI is InChI=1S/C22H23N3O5/c26-18(19-10-6-12-30-19)13-15-7-2-1-5-11-24(15)20(27)14-25-21(28)16-8-3-4-9-17(16)23-22(25)29/h3-4,6,8-10,12,15H,1-2,5,7,11,13-14H2,(H,23,29). The maximum Gasteiger partial charge on any atom is 0.329 e. The van der Waals surface area contributed by atoms with Crippen molar-refractivity contribution in [3.05, 3.63) is 69.3 Å². The molecule has 8 nitrogen and oxygen atoms in total. The molecule has 8 heteroatoms. The molecule has 3 heterocycles. The lowest BCUT2D eigenvalue weighted by Gasteiger charge is -2.29. The molecule has 30 heavy (non-hydrogen) atoms. The van der Waals surface area contributed by atoms with Crippen molar-refractivity contribution in [2.45, 2.75) is 44.7 Å². The molecule has 1 atom stereocenters. The van der Waals surface area contributed by atoms with Crippen LogP contribution in [-0.2, 0) is 11.3 Å². The van der Waals surface area contributed by atoms with Crippen LogP contribution in [-0.4, -0.2) is 38.7 Å². The number of carbonyl (C=O) groups is 2. The number of aromatic amines is 1. The number of furan rings is 1. The number of carbonyl (C=O) groups excluding carboxylic acids is 2. The van der Waals surface area contributed by atoms with Crippen LogP contribution in [0.3, 0.4) is 0 Å². The number of likely N-dealkylation sites (tertiary alicyclic amines) is 1. The Morgan fingerprint density at radius 2 is 1.90 bits per heavy atom. The molecule has 1 saturated heterocycles. The Bertz CT molecular complexity index is 1180. The van der Waals surface area contributed by atoms with Crippen molar-refractivity contribution >= 4 is 22.6 Å². The van der Waals surface area contributed by atoms with Crippen LogP contribution in [0.15, 0.2) is 56.7 Å². The number of aromatic nitrogens is 2. The van der Waals surface area contributed by atoms with Gasteiger partial charge in [-0.25, -0.2) is 4.79 Å². The fraction of sp³-hybridized carbons (Fsp3) is 0.364. The summed E-state index contributed by atoms with van der Waals surface area (Å²) in [5, 5.41) is 0.352. The van der Waals surface area contributed by atoms with E-state index in [2.05, 4.69) is 4.98 Å². The highest BCUT2D eigenvalue weighted by molar-refractivity contribution is 5.94. The minimum atomic E-state index is -0.620. The van der Waals surface area contributed by atoms with Gasteiger partial charge in [0.2, 0.25) is 5.91 Å². The van der Waals surface area contributed by atoms with Crippen LogP contribution in [0.5, 0.6) is 0 Å². The monoisotopic (exact) mass is 409 g/mol. The lowest BCUT2D eigenvalue weighted by Crippen LogP contribution is -2.46. The molecule has 1 unspecified atom stereocenters. The zero-order valence-electron chi connectivity index (χ0n) is 16.5. The van der Waals surface area contributed by atoms with Crippen molar-refractivity contribution < 1.29 is 14.0 Å². The Morgan fingerprint density at radius 3 is 2.70 bits per heavy atom. The van der Waals surface area contributed by atoms with Crippen molar-refractivity contribution in [3.8, 4) is 0 Å². The molecule has 0 saturated carbocycles. The van der Waals surface area contributed by atoms with Gasteiger partial charge in [0, 0.05) is 19.0 Å². The van der Waals surface area contributed by atoms with E-state index in [0.717, 1.165) is 23.8 Å². The Balaban J connectivity index is 1.59. The molecule has 1 aliphatic heterocycles. The first-order valence-corrected chi connectivity index (χ1v) is 10.1. The normalized spacial score (nSPS) is 17.1. The summed E-state index contributed by atoms with van der Waals surface area (Å²) >= 11 is 0. The maximum absolute atomic E-state index is 13.1. The van der Waals surface area contributed by atoms with Gasteiger partial charge in [-0.1, -0.05) is 25.0 Å². The van der Waals surface area contributed by atoms with Crippen LogP contribution >= 0.6 is 0 Å². The van der Waals surface area contributed by atoms with Gasteiger partial charge in [0.1, 0.15) is 6.54 Å². The van der Waals surface area contributed by atoms with Crippen molar-refractivity contribution in [2.75, 3.05) is 6.54 Å². The molecule has 156 valence electrons. The zero-order chi connectivity index (χ0) is 21.1. The number of ketones is 1. The number of amides is 1. The van der Waals surface area contributed by atoms with Crippen LogP contribution in [0.4, 0.5) is 0 Å². The summed E-state index contributed by atoms with van der Waals surface area (Å²) < 4.78 is 6.12. The van der Waals surface area contributed by atoms with Gasteiger partial charge in [-0.15, -0.1) is 0 Å². The van der Waals surface area contributed by atoms with Crippen LogP contribution in [0.1, 0.15) is 42.7 Å². The Kier molecular flexibility index (Phi) is 5.65. The molecule has 0 radical (unpaired) electrons. The van der Waals surface area contributed by atoms with Crippen LogP contribution < -0.4 is 11.2 Å². The van der Waals surface area contributed by atoms with Gasteiger partial charge in [0.25, 0.3) is 5.56 Å². The van der Waals surface area contributed by atoms with Crippen LogP contribution in [0.2, 0.25) is 0 Å². The highest BCUT2D eigenvalue weighted by Gasteiger charge is 2.29. The van der Waals surface area contributed by atoms with Gasteiger partial charge in [-0.2, -0.15) is 0 Å². The van der Waals surface area contributed by atoms with Crippen LogP contribution in [0.25, 0.3) is 10.9 Å². The van der Waals surface area contributed by atoms with Gasteiger partial charge in [0.15, 0.2) is 11.5 Å². The number of Topliss-reactive ketones (excluding diaryl/α,β-unsaturated/α-hetero) is 1. The second-order valence-corrected chi connectivity index (χ2v) is 7.56. The molecule has 1 amide bonds. The van der Waals surface area contributed by atoms with Gasteiger partial charge in [-0.05, 0) is 37.1 Å². The summed E-state index contributed by atoms with van der Waals surface area (Å²) in [7, 11) is 0. The molecule has 1 aliphatic rings. The quantitative estimate of drug-likeness (QED) is 0.651. The average Bonchev–Trinajstić information content (AvgIpc) is 3.18. The topological polar surface area (TPSA) is 105 Å². The molecule has 2 aromatic heterocycles. The maximum atomic E-state index is 13.1. The third-order valence-electron chi connectivity index (χ3n) is 5.60. The van der Waals surface area contributed by atoms with E-state index in [1.54, 1.807) is 41.3 Å². The molecular weight excluding hydrogens is 386 g/mol. The lowest BCUT2D eigenvalue weighted by atomic mass is 10.0. The molecule has 1 fully saturated rings. The van der Waals surface area contributed by atoms with E-state index >= 15 is 0 Å². The first kappa shape index (κ1) is 19.9. The van der Waals surface area contributed by atoms with E-state index in [-0.39, 0.29) is 36.5 Å². The van der Waals surface area contributed by atoms with E-state index in [1.165, 1.54) is 6.26 Å².